The van der Waals surface area contributed by atoms with Gasteiger partial charge in [-0.15, -0.1) is 0 Å². The number of nitrogens with two attached hydrogens (primary N) is 1. The van der Waals surface area contributed by atoms with E-state index in [1.54, 1.807) is 0 Å². The first kappa shape index (κ1) is 12.9. The predicted molar refractivity (Wildman–Crippen MR) is 66.0 cm³/mol. The normalized spacial score (nSPS) is 20.0. The highest BCUT2D eigenvalue weighted by Gasteiger charge is 2.18. The van der Waals surface area contributed by atoms with E-state index in [1.165, 1.54) is 32.5 Å². The molecule has 90 valence electrons. The van der Waals surface area contributed by atoms with Gasteiger partial charge in [-0.2, -0.15) is 0 Å². The zero-order chi connectivity index (χ0) is 11.1. The molecule has 3 N–H and O–H groups in total. The molecule has 1 aliphatic rings. The summed E-state index contributed by atoms with van der Waals surface area (Å²) in [7, 11) is 0. The molecule has 15 heavy (non-hydrogen) atoms. The van der Waals surface area contributed by atoms with Crippen molar-refractivity contribution in [2.75, 3.05) is 32.7 Å². The lowest BCUT2D eigenvalue weighted by molar-refractivity contribution is 0.180. The van der Waals surface area contributed by atoms with E-state index in [2.05, 4.69) is 24.1 Å². The van der Waals surface area contributed by atoms with Crippen LogP contribution in [0.2, 0.25) is 0 Å². The van der Waals surface area contributed by atoms with Crippen molar-refractivity contribution in [3.05, 3.63) is 0 Å². The van der Waals surface area contributed by atoms with E-state index in [0.29, 0.717) is 0 Å². The Kier molecular flexibility index (Phi) is 6.22. The average molecular weight is 213 g/mol. The Labute approximate surface area is 94.4 Å². The maximum Gasteiger partial charge on any atom is 0.00914 e. The summed E-state index contributed by atoms with van der Waals surface area (Å²) < 4.78 is 0. The van der Waals surface area contributed by atoms with E-state index < -0.39 is 0 Å². The van der Waals surface area contributed by atoms with Gasteiger partial charge in [-0.25, -0.2) is 0 Å². The van der Waals surface area contributed by atoms with Crippen molar-refractivity contribution in [1.29, 1.82) is 0 Å². The quantitative estimate of drug-likeness (QED) is 0.648. The van der Waals surface area contributed by atoms with Gasteiger partial charge >= 0.3 is 0 Å². The van der Waals surface area contributed by atoms with Gasteiger partial charge in [-0.1, -0.05) is 13.8 Å². The molecule has 0 aliphatic carbocycles. The van der Waals surface area contributed by atoms with Gasteiger partial charge in [-0.05, 0) is 51.4 Å². The summed E-state index contributed by atoms with van der Waals surface area (Å²) in [6, 6.07) is 0.736. The third kappa shape index (κ3) is 5.50. The molecule has 1 saturated heterocycles. The van der Waals surface area contributed by atoms with Crippen LogP contribution >= 0.6 is 0 Å². The lowest BCUT2D eigenvalue weighted by atomic mass is 10.0. The molecule has 3 nitrogen and oxygen atoms in total. The van der Waals surface area contributed by atoms with Crippen LogP contribution in [0, 0.1) is 5.92 Å². The summed E-state index contributed by atoms with van der Waals surface area (Å²) >= 11 is 0. The Morgan fingerprint density at radius 3 is 2.53 bits per heavy atom. The second-order valence-corrected chi connectivity index (χ2v) is 5.07. The molecule has 0 atom stereocenters. The van der Waals surface area contributed by atoms with E-state index >= 15 is 0 Å². The minimum atomic E-state index is 0.736. The Morgan fingerprint density at radius 1 is 1.33 bits per heavy atom. The number of likely N-dealkylation sites (tertiary alicyclic amines) is 1. The van der Waals surface area contributed by atoms with Crippen molar-refractivity contribution >= 4 is 0 Å². The summed E-state index contributed by atoms with van der Waals surface area (Å²) in [6.45, 7) is 10.3. The highest BCUT2D eigenvalue weighted by molar-refractivity contribution is 4.77. The molecule has 0 unspecified atom stereocenters. The number of nitrogens with one attached hydrogen (secondary N) is 1. The van der Waals surface area contributed by atoms with E-state index in [0.717, 1.165) is 31.5 Å². The second kappa shape index (κ2) is 7.20. The number of hydrogen-bond acceptors (Lipinski definition) is 3. The van der Waals surface area contributed by atoms with Crippen molar-refractivity contribution < 1.29 is 0 Å². The number of hydrogen-bond donors (Lipinski definition) is 2. The standard InChI is InChI=1S/C12H27N3/c1-11(2)10-15-8-4-12(5-9-15)14-7-3-6-13/h11-12,14H,3-10,13H2,1-2H3. The molecule has 0 aromatic carbocycles. The topological polar surface area (TPSA) is 41.3 Å². The molecule has 3 heteroatoms. The summed E-state index contributed by atoms with van der Waals surface area (Å²) in [5.41, 5.74) is 5.47. The third-order valence-corrected chi connectivity index (χ3v) is 3.02. The maximum atomic E-state index is 5.47. The van der Waals surface area contributed by atoms with Crippen molar-refractivity contribution in [2.24, 2.45) is 11.7 Å². The van der Waals surface area contributed by atoms with E-state index in [9.17, 15) is 0 Å². The van der Waals surface area contributed by atoms with E-state index in [-0.39, 0.29) is 0 Å². The molecule has 0 aromatic rings. The minimum absolute atomic E-state index is 0.736. The lowest BCUT2D eigenvalue weighted by Gasteiger charge is -2.33. The number of piperidine rings is 1. The van der Waals surface area contributed by atoms with Crippen LogP contribution in [0.4, 0.5) is 0 Å². The highest BCUT2D eigenvalue weighted by Crippen LogP contribution is 2.11. The van der Waals surface area contributed by atoms with Crippen LogP contribution in [0.25, 0.3) is 0 Å². The second-order valence-electron chi connectivity index (χ2n) is 5.07. The highest BCUT2D eigenvalue weighted by atomic mass is 15.1. The molecule has 0 spiro atoms. The van der Waals surface area contributed by atoms with Crippen LogP contribution in [0.5, 0.6) is 0 Å². The van der Waals surface area contributed by atoms with Gasteiger partial charge in [0.05, 0.1) is 0 Å². The molecule has 0 saturated carbocycles. The van der Waals surface area contributed by atoms with Crippen LogP contribution in [0.1, 0.15) is 33.1 Å². The van der Waals surface area contributed by atoms with Crippen LogP contribution in [0.3, 0.4) is 0 Å². The minimum Gasteiger partial charge on any atom is -0.330 e. The van der Waals surface area contributed by atoms with Gasteiger partial charge in [0.1, 0.15) is 0 Å². The average Bonchev–Trinajstić information content (AvgIpc) is 2.20. The molecular formula is C12H27N3. The van der Waals surface area contributed by atoms with Crippen LogP contribution < -0.4 is 11.1 Å². The number of nitrogens with zero attached hydrogens (tertiary/aromatic N) is 1. The van der Waals surface area contributed by atoms with Gasteiger partial charge in [0.25, 0.3) is 0 Å². The van der Waals surface area contributed by atoms with Gasteiger partial charge in [-0.3, -0.25) is 0 Å². The van der Waals surface area contributed by atoms with E-state index in [1.807, 2.05) is 0 Å². The van der Waals surface area contributed by atoms with Gasteiger partial charge < -0.3 is 16.0 Å². The molecule has 0 radical (unpaired) electrons. The van der Waals surface area contributed by atoms with Gasteiger partial charge in [0.15, 0.2) is 0 Å². The van der Waals surface area contributed by atoms with Crippen molar-refractivity contribution in [3.8, 4) is 0 Å². The molecule has 1 fully saturated rings. The Balaban J connectivity index is 2.07. The summed E-state index contributed by atoms with van der Waals surface area (Å²) in [6.07, 6.45) is 3.71. The fraction of sp³-hybridized carbons (Fsp3) is 1.00. The number of rotatable bonds is 6. The largest absolute Gasteiger partial charge is 0.330 e. The zero-order valence-corrected chi connectivity index (χ0v) is 10.3. The first-order chi connectivity index (χ1) is 7.22. The van der Waals surface area contributed by atoms with Gasteiger partial charge in [0, 0.05) is 12.6 Å². The summed E-state index contributed by atoms with van der Waals surface area (Å²) in [4.78, 5) is 2.59. The monoisotopic (exact) mass is 213 g/mol. The first-order valence-electron chi connectivity index (χ1n) is 6.38. The smallest absolute Gasteiger partial charge is 0.00914 e. The molecule has 1 heterocycles. The first-order valence-corrected chi connectivity index (χ1v) is 6.38. The fourth-order valence-corrected chi connectivity index (χ4v) is 2.24. The Morgan fingerprint density at radius 2 is 2.00 bits per heavy atom. The summed E-state index contributed by atoms with van der Waals surface area (Å²) in [5.74, 6) is 0.798. The van der Waals surface area contributed by atoms with Crippen LogP contribution in [0.15, 0.2) is 0 Å². The molecule has 1 aliphatic heterocycles. The van der Waals surface area contributed by atoms with Crippen molar-refractivity contribution in [2.45, 2.75) is 39.2 Å². The van der Waals surface area contributed by atoms with Crippen LogP contribution in [-0.2, 0) is 0 Å². The fourth-order valence-electron chi connectivity index (χ4n) is 2.24. The Bertz CT molecular complexity index is 151. The van der Waals surface area contributed by atoms with Crippen molar-refractivity contribution in [3.63, 3.8) is 0 Å². The molecule has 0 aromatic heterocycles. The van der Waals surface area contributed by atoms with Gasteiger partial charge in [0.2, 0.25) is 0 Å². The molecular weight excluding hydrogens is 186 g/mol. The molecule has 0 bridgehead atoms. The van der Waals surface area contributed by atoms with E-state index in [4.69, 9.17) is 5.73 Å². The third-order valence-electron chi connectivity index (χ3n) is 3.02. The lowest BCUT2D eigenvalue weighted by Crippen LogP contribution is -2.44. The zero-order valence-electron chi connectivity index (χ0n) is 10.3. The predicted octanol–water partition coefficient (Wildman–Crippen LogP) is 1.05. The van der Waals surface area contributed by atoms with Crippen molar-refractivity contribution in [1.82, 2.24) is 10.2 Å². The molecule has 0 amide bonds. The SMILES string of the molecule is CC(C)CN1CCC(NCCCN)CC1. The molecule has 1 rings (SSSR count). The summed E-state index contributed by atoms with van der Waals surface area (Å²) in [5, 5.41) is 3.59. The maximum absolute atomic E-state index is 5.47. The van der Waals surface area contributed by atoms with Crippen LogP contribution in [-0.4, -0.2) is 43.7 Å². The Hall–Kier alpha value is -0.120.